The molecule has 2 heteroatoms. The van der Waals surface area contributed by atoms with E-state index in [2.05, 4.69) is 187 Å². The highest BCUT2D eigenvalue weighted by Crippen LogP contribution is 2.65. The van der Waals surface area contributed by atoms with Gasteiger partial charge in [0.1, 0.15) is 0 Å². The molecule has 0 bridgehead atoms. The Bertz CT molecular complexity index is 2800. The second-order valence-corrected chi connectivity index (χ2v) is 18.6. The van der Waals surface area contributed by atoms with E-state index < -0.39 is 0 Å². The molecule has 0 aromatic heterocycles. The van der Waals surface area contributed by atoms with Crippen LogP contribution in [0.3, 0.4) is 0 Å². The Morgan fingerprint density at radius 2 is 0.648 bits per heavy atom. The summed E-state index contributed by atoms with van der Waals surface area (Å²) in [7, 11) is 0. The van der Waals surface area contributed by atoms with Gasteiger partial charge >= 0.3 is 0 Å². The maximum atomic E-state index is 2.64. The Morgan fingerprint density at radius 1 is 0.315 bits per heavy atom. The number of hydrogen-bond donors (Lipinski definition) is 0. The molecule has 8 aromatic rings. The van der Waals surface area contributed by atoms with Crippen molar-refractivity contribution in [3.63, 3.8) is 0 Å². The summed E-state index contributed by atoms with van der Waals surface area (Å²) in [6, 6.07) is 47.1. The summed E-state index contributed by atoms with van der Waals surface area (Å²) >= 11 is 0. The molecule has 0 amide bonds. The minimum atomic E-state index is -0.183. The fourth-order valence-electron chi connectivity index (χ4n) is 11.6. The van der Waals surface area contributed by atoms with Gasteiger partial charge in [0.05, 0.1) is 34.1 Å². The fraction of sp³-hybridized carbons (Fsp3) is 0.231. The Hall–Kier alpha value is -5.60. The van der Waals surface area contributed by atoms with E-state index in [0.29, 0.717) is 0 Å². The molecule has 12 rings (SSSR count). The molecule has 0 N–H and O–H groups in total. The van der Waals surface area contributed by atoms with E-state index in [4.69, 9.17) is 0 Å². The number of benzene rings is 8. The van der Waals surface area contributed by atoms with Crippen LogP contribution in [0.2, 0.25) is 0 Å². The lowest BCUT2D eigenvalue weighted by Gasteiger charge is -2.50. The number of fused-ring (bicyclic) bond motifs is 10. The maximum Gasteiger partial charge on any atom is 0.0581 e. The third-order valence-electron chi connectivity index (χ3n) is 14.5. The predicted molar refractivity (Wildman–Crippen MR) is 228 cm³/mol. The Kier molecular flexibility index (Phi) is 5.34. The van der Waals surface area contributed by atoms with E-state index in [-0.39, 0.29) is 21.7 Å². The lowest BCUT2D eigenvalue weighted by Crippen LogP contribution is -2.38. The van der Waals surface area contributed by atoms with Crippen molar-refractivity contribution in [2.75, 3.05) is 9.80 Å². The van der Waals surface area contributed by atoms with Crippen LogP contribution in [-0.4, -0.2) is 0 Å². The summed E-state index contributed by atoms with van der Waals surface area (Å²) < 4.78 is 0. The minimum Gasteiger partial charge on any atom is -0.309 e. The molecule has 4 heterocycles. The molecule has 0 saturated carbocycles. The first-order chi connectivity index (χ1) is 25.8. The first kappa shape index (κ1) is 30.8. The van der Waals surface area contributed by atoms with Gasteiger partial charge in [0.2, 0.25) is 0 Å². The average Bonchev–Trinajstić information content (AvgIpc) is 3.16. The molecule has 262 valence electrons. The van der Waals surface area contributed by atoms with Crippen molar-refractivity contribution < 1.29 is 0 Å². The van der Waals surface area contributed by atoms with Crippen molar-refractivity contribution in [1.29, 1.82) is 0 Å². The van der Waals surface area contributed by atoms with Crippen LogP contribution in [0.5, 0.6) is 0 Å². The zero-order chi connectivity index (χ0) is 36.8. The number of rotatable bonds is 0. The summed E-state index contributed by atoms with van der Waals surface area (Å²) in [4.78, 5) is 5.28. The molecular formula is C52H44N2. The largest absolute Gasteiger partial charge is 0.309 e. The van der Waals surface area contributed by atoms with E-state index in [0.717, 1.165) is 0 Å². The number of anilines is 6. The van der Waals surface area contributed by atoms with Gasteiger partial charge < -0.3 is 9.80 Å². The van der Waals surface area contributed by atoms with Gasteiger partial charge in [0, 0.05) is 32.4 Å². The van der Waals surface area contributed by atoms with Crippen molar-refractivity contribution >= 4 is 66.4 Å². The van der Waals surface area contributed by atoms with Gasteiger partial charge in [-0.05, 0) is 90.3 Å². The highest BCUT2D eigenvalue weighted by Gasteiger charge is 2.48. The van der Waals surface area contributed by atoms with E-state index >= 15 is 0 Å². The third-order valence-corrected chi connectivity index (χ3v) is 14.5. The number of para-hydroxylation sites is 4. The van der Waals surface area contributed by atoms with Crippen LogP contribution in [0.25, 0.3) is 32.3 Å². The fourth-order valence-corrected chi connectivity index (χ4v) is 11.6. The summed E-state index contributed by atoms with van der Waals surface area (Å²) in [5, 5.41) is 8.04. The third kappa shape index (κ3) is 3.29. The van der Waals surface area contributed by atoms with Crippen LogP contribution in [-0.2, 0) is 21.7 Å². The highest BCUT2D eigenvalue weighted by atomic mass is 15.2. The first-order valence-electron chi connectivity index (χ1n) is 19.7. The topological polar surface area (TPSA) is 6.48 Å². The van der Waals surface area contributed by atoms with Gasteiger partial charge in [0.15, 0.2) is 0 Å². The van der Waals surface area contributed by atoms with E-state index in [1.165, 1.54) is 111 Å². The zero-order valence-electron chi connectivity index (χ0n) is 32.4. The summed E-state index contributed by atoms with van der Waals surface area (Å²) in [6.07, 6.45) is 0. The lowest BCUT2D eigenvalue weighted by atomic mass is 9.65. The number of hydrogen-bond acceptors (Lipinski definition) is 2. The van der Waals surface area contributed by atoms with E-state index in [1.807, 2.05) is 0 Å². The standard InChI is InChI=1S/C52H44N2/c1-49(2)33-15-9-11-21-41(33)53-45-31-25-26-32-44-30(24-23-29(43(31)44)27-39(45)51(5,6)37-19-13-17-35(49)47(37)53)28-40-46(32)54-42-22-12-10-16-34(42)50(3,4)36-18-14-20-38(48(36)54)52(40,7)8/h9-28H,1-8H3. The monoisotopic (exact) mass is 696 g/mol. The van der Waals surface area contributed by atoms with Crippen molar-refractivity contribution in [2.24, 2.45) is 0 Å². The molecule has 4 aliphatic heterocycles. The second kappa shape index (κ2) is 9.36. The Labute approximate surface area is 318 Å². The Balaban J connectivity index is 1.23. The minimum absolute atomic E-state index is 0.115. The quantitative estimate of drug-likeness (QED) is 0.146. The van der Waals surface area contributed by atoms with Crippen LogP contribution in [0.4, 0.5) is 34.1 Å². The highest BCUT2D eigenvalue weighted by molar-refractivity contribution is 6.30. The molecule has 4 aliphatic rings. The van der Waals surface area contributed by atoms with Crippen LogP contribution in [0, 0.1) is 0 Å². The summed E-state index contributed by atoms with van der Waals surface area (Å²) in [6.45, 7) is 19.4. The normalized spacial score (nSPS) is 18.5. The summed E-state index contributed by atoms with van der Waals surface area (Å²) in [5.41, 5.74) is 18.5. The van der Waals surface area contributed by atoms with Gasteiger partial charge in [-0.3, -0.25) is 0 Å². The molecule has 0 radical (unpaired) electrons. The zero-order valence-corrected chi connectivity index (χ0v) is 32.4. The van der Waals surface area contributed by atoms with Crippen molar-refractivity contribution in [2.45, 2.75) is 77.0 Å². The van der Waals surface area contributed by atoms with Gasteiger partial charge in [-0.15, -0.1) is 0 Å². The predicted octanol–water partition coefficient (Wildman–Crippen LogP) is 14.1. The lowest BCUT2D eigenvalue weighted by molar-refractivity contribution is 0.598. The van der Waals surface area contributed by atoms with Crippen LogP contribution in [0.15, 0.2) is 121 Å². The van der Waals surface area contributed by atoms with Crippen molar-refractivity contribution in [3.8, 4) is 0 Å². The molecule has 8 aromatic carbocycles. The van der Waals surface area contributed by atoms with Gasteiger partial charge in [0.25, 0.3) is 0 Å². The molecule has 0 fully saturated rings. The van der Waals surface area contributed by atoms with Gasteiger partial charge in [-0.2, -0.15) is 0 Å². The summed E-state index contributed by atoms with van der Waals surface area (Å²) in [5.74, 6) is 0. The molecule has 2 nitrogen and oxygen atoms in total. The van der Waals surface area contributed by atoms with E-state index in [9.17, 15) is 0 Å². The van der Waals surface area contributed by atoms with Crippen LogP contribution >= 0.6 is 0 Å². The molecule has 0 aliphatic carbocycles. The van der Waals surface area contributed by atoms with Crippen molar-refractivity contribution in [3.05, 3.63) is 166 Å². The second-order valence-electron chi connectivity index (χ2n) is 18.6. The molecule has 0 spiro atoms. The molecule has 0 atom stereocenters. The average molecular weight is 697 g/mol. The Morgan fingerprint density at radius 3 is 1.04 bits per heavy atom. The molecule has 0 unspecified atom stereocenters. The van der Waals surface area contributed by atoms with E-state index in [1.54, 1.807) is 0 Å². The maximum absolute atomic E-state index is 2.64. The number of nitrogens with zero attached hydrogens (tertiary/aromatic N) is 2. The SMILES string of the molecule is CC1(C)c2ccccc2N2c3c1cccc3C(C)(C)c1cc3ccc4cc5c(c6ccc(c12)c3c46)N1c2ccccc2C(C)(C)c2cccc(c21)C5(C)C. The van der Waals surface area contributed by atoms with Gasteiger partial charge in [-0.1, -0.05) is 152 Å². The smallest absolute Gasteiger partial charge is 0.0581 e. The van der Waals surface area contributed by atoms with Crippen LogP contribution in [0.1, 0.15) is 99.9 Å². The molecular weight excluding hydrogens is 653 g/mol. The molecule has 0 saturated heterocycles. The van der Waals surface area contributed by atoms with Crippen LogP contribution < -0.4 is 9.80 Å². The molecule has 54 heavy (non-hydrogen) atoms. The van der Waals surface area contributed by atoms with Gasteiger partial charge in [-0.25, -0.2) is 0 Å². The van der Waals surface area contributed by atoms with Crippen molar-refractivity contribution in [1.82, 2.24) is 0 Å². The first-order valence-corrected chi connectivity index (χ1v) is 19.7.